The van der Waals surface area contributed by atoms with Crippen LogP contribution in [0.3, 0.4) is 0 Å². The highest BCUT2D eigenvalue weighted by atomic mass is 32.2. The number of carbonyl (C=O) groups is 1. The van der Waals surface area contributed by atoms with E-state index in [0.29, 0.717) is 52.3 Å². The van der Waals surface area contributed by atoms with Crippen LogP contribution in [0.4, 0.5) is 5.69 Å². The molecular weight excluding hydrogens is 422 g/mol. The zero-order valence-corrected chi connectivity index (χ0v) is 18.9. The van der Waals surface area contributed by atoms with E-state index in [-0.39, 0.29) is 17.2 Å². The molecule has 0 aliphatic carbocycles. The van der Waals surface area contributed by atoms with Gasteiger partial charge in [-0.3, -0.25) is 14.2 Å². The lowest BCUT2D eigenvalue weighted by atomic mass is 10.2. The van der Waals surface area contributed by atoms with Crippen molar-refractivity contribution in [2.45, 2.75) is 38.9 Å². The van der Waals surface area contributed by atoms with Crippen molar-refractivity contribution in [3.05, 3.63) is 40.0 Å². The number of hydrogen-bond acceptors (Lipinski definition) is 7. The molecule has 0 bridgehead atoms. The average Bonchev–Trinajstić information content (AvgIpc) is 3.20. The first-order valence-electron chi connectivity index (χ1n) is 9.87. The minimum atomic E-state index is -0.211. The molecule has 7 nitrogen and oxygen atoms in total. The molecule has 0 aliphatic rings. The molecular formula is C21H25N3O4S2. The molecule has 0 radical (unpaired) electrons. The number of aromatic nitrogens is 2. The van der Waals surface area contributed by atoms with Gasteiger partial charge in [0.2, 0.25) is 5.91 Å². The largest absolute Gasteiger partial charge is 0.494 e. The maximum Gasteiger partial charge on any atom is 0.272 e. The van der Waals surface area contributed by atoms with Gasteiger partial charge in [0, 0.05) is 12.6 Å². The molecule has 3 aromatic rings. The van der Waals surface area contributed by atoms with Crippen molar-refractivity contribution >= 4 is 44.9 Å². The molecule has 0 atom stereocenters. The van der Waals surface area contributed by atoms with Gasteiger partial charge in [-0.25, -0.2) is 4.98 Å². The van der Waals surface area contributed by atoms with E-state index in [0.717, 1.165) is 6.42 Å². The van der Waals surface area contributed by atoms with Crippen LogP contribution in [0.15, 0.2) is 39.6 Å². The summed E-state index contributed by atoms with van der Waals surface area (Å²) in [5.41, 5.74) is 1.17. The smallest absolute Gasteiger partial charge is 0.272 e. The zero-order valence-electron chi connectivity index (χ0n) is 17.3. The third kappa shape index (κ3) is 5.14. The van der Waals surface area contributed by atoms with Crippen LogP contribution in [0.5, 0.6) is 11.5 Å². The van der Waals surface area contributed by atoms with E-state index >= 15 is 0 Å². The lowest BCUT2D eigenvalue weighted by Gasteiger charge is -2.14. The second-order valence-corrected chi connectivity index (χ2v) is 8.21. The molecule has 2 heterocycles. The number of amides is 1. The zero-order chi connectivity index (χ0) is 21.5. The van der Waals surface area contributed by atoms with Gasteiger partial charge >= 0.3 is 0 Å². The van der Waals surface area contributed by atoms with Crippen molar-refractivity contribution in [2.75, 3.05) is 24.3 Å². The highest BCUT2D eigenvalue weighted by Crippen LogP contribution is 2.30. The summed E-state index contributed by atoms with van der Waals surface area (Å²) in [5, 5.41) is 5.29. The molecule has 9 heteroatoms. The molecule has 0 spiro atoms. The predicted octanol–water partition coefficient (Wildman–Crippen LogP) is 4.40. The number of benzene rings is 1. The minimum absolute atomic E-state index is 0.0530. The van der Waals surface area contributed by atoms with E-state index in [1.807, 2.05) is 38.3 Å². The average molecular weight is 448 g/mol. The van der Waals surface area contributed by atoms with Gasteiger partial charge in [-0.05, 0) is 43.8 Å². The van der Waals surface area contributed by atoms with Crippen LogP contribution in [-0.4, -0.2) is 34.4 Å². The van der Waals surface area contributed by atoms with E-state index in [4.69, 9.17) is 9.47 Å². The molecule has 160 valence electrons. The number of fused-ring (bicyclic) bond motifs is 1. The topological polar surface area (TPSA) is 82.5 Å². The normalized spacial score (nSPS) is 10.9. The van der Waals surface area contributed by atoms with Crippen molar-refractivity contribution in [2.24, 2.45) is 0 Å². The van der Waals surface area contributed by atoms with Crippen LogP contribution in [0.1, 0.15) is 27.2 Å². The van der Waals surface area contributed by atoms with Crippen molar-refractivity contribution < 1.29 is 14.3 Å². The highest BCUT2D eigenvalue weighted by molar-refractivity contribution is 7.99. The number of ether oxygens (including phenoxy) is 2. The highest BCUT2D eigenvalue weighted by Gasteiger charge is 2.15. The number of anilines is 1. The summed E-state index contributed by atoms with van der Waals surface area (Å²) >= 11 is 2.64. The van der Waals surface area contributed by atoms with Gasteiger partial charge in [-0.2, -0.15) is 0 Å². The maximum absolute atomic E-state index is 12.7. The summed E-state index contributed by atoms with van der Waals surface area (Å²) in [6.45, 7) is 7.37. The summed E-state index contributed by atoms with van der Waals surface area (Å²) in [5.74, 6) is 1.15. The maximum atomic E-state index is 12.7. The summed E-state index contributed by atoms with van der Waals surface area (Å²) in [4.78, 5) is 30.0. The van der Waals surface area contributed by atoms with E-state index in [9.17, 15) is 9.59 Å². The van der Waals surface area contributed by atoms with E-state index < -0.39 is 0 Å². The molecule has 0 unspecified atom stereocenters. The Morgan fingerprint density at radius 2 is 2.00 bits per heavy atom. The number of hydrogen-bond donors (Lipinski definition) is 1. The fraction of sp³-hybridized carbons (Fsp3) is 0.381. The molecule has 30 heavy (non-hydrogen) atoms. The van der Waals surface area contributed by atoms with Crippen molar-refractivity contribution in [3.8, 4) is 11.5 Å². The van der Waals surface area contributed by atoms with Gasteiger partial charge in [0.25, 0.3) is 5.56 Å². The summed E-state index contributed by atoms with van der Waals surface area (Å²) in [6.07, 6.45) is 0.806. The van der Waals surface area contributed by atoms with Crippen molar-refractivity contribution in [1.29, 1.82) is 0 Å². The van der Waals surface area contributed by atoms with Crippen molar-refractivity contribution in [1.82, 2.24) is 9.55 Å². The first-order valence-corrected chi connectivity index (χ1v) is 11.7. The lowest BCUT2D eigenvalue weighted by Crippen LogP contribution is -2.23. The summed E-state index contributed by atoms with van der Waals surface area (Å²) in [7, 11) is 0. The van der Waals surface area contributed by atoms with Crippen LogP contribution in [0, 0.1) is 0 Å². The quantitative estimate of drug-likeness (QED) is 0.366. The van der Waals surface area contributed by atoms with Gasteiger partial charge in [-0.15, -0.1) is 11.3 Å². The molecule has 0 saturated heterocycles. The van der Waals surface area contributed by atoms with Gasteiger partial charge in [-0.1, -0.05) is 18.7 Å². The molecule has 1 aromatic carbocycles. The van der Waals surface area contributed by atoms with Gasteiger partial charge < -0.3 is 14.8 Å². The Morgan fingerprint density at radius 1 is 1.20 bits per heavy atom. The molecule has 0 aliphatic heterocycles. The number of thioether (sulfide) groups is 1. The fourth-order valence-electron chi connectivity index (χ4n) is 2.92. The number of carbonyl (C=O) groups excluding carboxylic acids is 1. The van der Waals surface area contributed by atoms with E-state index in [1.54, 1.807) is 16.7 Å². The first-order chi connectivity index (χ1) is 14.6. The van der Waals surface area contributed by atoms with Gasteiger partial charge in [0.15, 0.2) is 5.16 Å². The van der Waals surface area contributed by atoms with Crippen LogP contribution < -0.4 is 20.3 Å². The number of nitrogens with one attached hydrogen (secondary N) is 1. The number of nitrogens with zero attached hydrogens (tertiary/aromatic N) is 2. The van der Waals surface area contributed by atoms with Crippen LogP contribution in [0.2, 0.25) is 0 Å². The molecule has 3 rings (SSSR count). The standard InChI is InChI=1S/C21H25N3O4S2/c1-4-10-24-20(26)19-15(9-11-29-19)23-21(24)30-13-18(25)22-16-12-14(27-5-2)7-8-17(16)28-6-3/h7-9,11-12H,4-6,10,13H2,1-3H3,(H,22,25). The predicted molar refractivity (Wildman–Crippen MR) is 122 cm³/mol. The van der Waals surface area contributed by atoms with Crippen LogP contribution >= 0.6 is 23.1 Å². The van der Waals surface area contributed by atoms with E-state index in [1.165, 1.54) is 23.1 Å². The Labute approximate surface area is 183 Å². The first kappa shape index (κ1) is 22.2. The minimum Gasteiger partial charge on any atom is -0.494 e. The van der Waals surface area contributed by atoms with Crippen LogP contribution in [-0.2, 0) is 11.3 Å². The third-order valence-corrected chi connectivity index (χ3v) is 6.01. The molecule has 1 amide bonds. The number of rotatable bonds is 10. The fourth-order valence-corrected chi connectivity index (χ4v) is 4.52. The lowest BCUT2D eigenvalue weighted by molar-refractivity contribution is -0.113. The Kier molecular flexibility index (Phi) is 7.75. The molecule has 2 aromatic heterocycles. The second-order valence-electron chi connectivity index (χ2n) is 6.35. The van der Waals surface area contributed by atoms with Crippen molar-refractivity contribution in [3.63, 3.8) is 0 Å². The molecule has 1 N–H and O–H groups in total. The summed E-state index contributed by atoms with van der Waals surface area (Å²) in [6, 6.07) is 7.17. The molecule has 0 fully saturated rings. The van der Waals surface area contributed by atoms with Gasteiger partial charge in [0.05, 0.1) is 30.2 Å². The summed E-state index contributed by atoms with van der Waals surface area (Å²) < 4.78 is 13.4. The Morgan fingerprint density at radius 3 is 2.73 bits per heavy atom. The Balaban J connectivity index is 1.77. The van der Waals surface area contributed by atoms with Crippen LogP contribution in [0.25, 0.3) is 10.2 Å². The number of thiophene rings is 1. The Hall–Kier alpha value is -2.52. The molecule has 0 saturated carbocycles. The Bertz CT molecular complexity index is 1080. The third-order valence-electron chi connectivity index (χ3n) is 4.15. The SMILES string of the molecule is CCCn1c(SCC(=O)Nc2cc(OCC)ccc2OCC)nc2ccsc2c1=O. The van der Waals surface area contributed by atoms with E-state index in [2.05, 4.69) is 10.3 Å². The van der Waals surface area contributed by atoms with Gasteiger partial charge in [0.1, 0.15) is 16.2 Å². The second kappa shape index (κ2) is 10.5. The monoisotopic (exact) mass is 447 g/mol.